The lowest BCUT2D eigenvalue weighted by Crippen LogP contribution is -2.05. The Kier molecular flexibility index (Phi) is 4.63. The quantitative estimate of drug-likeness (QED) is 0.485. The summed E-state index contributed by atoms with van der Waals surface area (Å²) in [6.07, 6.45) is 0.602. The number of benzene rings is 1. The van der Waals surface area contributed by atoms with E-state index in [0.717, 1.165) is 11.6 Å². The van der Waals surface area contributed by atoms with Gasteiger partial charge in [-0.25, -0.2) is 4.79 Å². The first-order valence-electron chi connectivity index (χ1n) is 5.62. The van der Waals surface area contributed by atoms with E-state index in [4.69, 9.17) is 9.84 Å². The second kappa shape index (κ2) is 5.99. The van der Waals surface area contributed by atoms with Gasteiger partial charge < -0.3 is 9.84 Å². The van der Waals surface area contributed by atoms with E-state index in [1.165, 1.54) is 13.0 Å². The molecule has 0 heterocycles. The normalized spacial score (nSPS) is 10.0. The monoisotopic (exact) mass is 265 g/mol. The molecule has 0 amide bonds. The first-order valence-corrected chi connectivity index (χ1v) is 5.62. The van der Waals surface area contributed by atoms with Crippen molar-refractivity contribution in [1.29, 1.82) is 0 Å². The van der Waals surface area contributed by atoms with Gasteiger partial charge in [-0.2, -0.15) is 0 Å². The van der Waals surface area contributed by atoms with Crippen molar-refractivity contribution in [1.82, 2.24) is 0 Å². The van der Waals surface area contributed by atoms with Crippen molar-refractivity contribution in [3.63, 3.8) is 0 Å². The summed E-state index contributed by atoms with van der Waals surface area (Å²) in [5.74, 6) is -1.01. The number of nitrogens with zero attached hydrogens (tertiary/aromatic N) is 1. The lowest BCUT2D eigenvalue weighted by atomic mass is 10.1. The fraction of sp³-hybridized carbons (Fsp3) is 0.308. The van der Waals surface area contributed by atoms with E-state index in [0.29, 0.717) is 18.6 Å². The summed E-state index contributed by atoms with van der Waals surface area (Å²) in [4.78, 5) is 21.2. The Balaban J connectivity index is 3.11. The minimum Gasteiger partial charge on any atom is -0.493 e. The van der Waals surface area contributed by atoms with Crippen molar-refractivity contribution in [2.45, 2.75) is 20.3 Å². The largest absolute Gasteiger partial charge is 0.493 e. The third-order valence-electron chi connectivity index (χ3n) is 2.56. The van der Waals surface area contributed by atoms with Gasteiger partial charge in [0, 0.05) is 12.5 Å². The van der Waals surface area contributed by atoms with Crippen molar-refractivity contribution in [2.75, 3.05) is 6.61 Å². The second-order valence-electron chi connectivity index (χ2n) is 4.24. The molecule has 1 rings (SSSR count). The number of hydrogen-bond acceptors (Lipinski definition) is 4. The summed E-state index contributed by atoms with van der Waals surface area (Å²) < 4.78 is 5.40. The Hall–Kier alpha value is -2.37. The van der Waals surface area contributed by atoms with Crippen LogP contribution in [0.4, 0.5) is 5.69 Å². The van der Waals surface area contributed by atoms with Crippen LogP contribution in [0.1, 0.15) is 29.3 Å². The lowest BCUT2D eigenvalue weighted by molar-refractivity contribution is -0.385. The van der Waals surface area contributed by atoms with Crippen LogP contribution in [0.2, 0.25) is 0 Å². The number of carboxylic acids is 1. The van der Waals surface area contributed by atoms with Crippen LogP contribution in [0.15, 0.2) is 24.3 Å². The van der Waals surface area contributed by atoms with Crippen molar-refractivity contribution >= 4 is 11.7 Å². The molecule has 0 aromatic heterocycles. The Morgan fingerprint density at radius 2 is 2.16 bits per heavy atom. The molecule has 0 aliphatic heterocycles. The summed E-state index contributed by atoms with van der Waals surface area (Å²) in [7, 11) is 0. The highest BCUT2D eigenvalue weighted by Gasteiger charge is 2.19. The summed E-state index contributed by atoms with van der Waals surface area (Å²) in [5.41, 5.74) is 0.811. The van der Waals surface area contributed by atoms with Crippen LogP contribution in [0.25, 0.3) is 0 Å². The van der Waals surface area contributed by atoms with Crippen molar-refractivity contribution < 1.29 is 19.6 Å². The van der Waals surface area contributed by atoms with Gasteiger partial charge in [0.1, 0.15) is 5.75 Å². The molecule has 0 aliphatic carbocycles. The predicted octanol–water partition coefficient (Wildman–Crippen LogP) is 2.95. The molecule has 1 aromatic carbocycles. The Labute approximate surface area is 110 Å². The molecule has 0 spiro atoms. The average Bonchev–Trinajstić information content (AvgIpc) is 2.30. The summed E-state index contributed by atoms with van der Waals surface area (Å²) in [6, 6.07) is 2.33. The third kappa shape index (κ3) is 3.80. The SMILES string of the molecule is C=C(C)CCOc1cc(C(=O)O)cc([N+](=O)[O-])c1C. The van der Waals surface area contributed by atoms with Crippen molar-refractivity contribution in [3.8, 4) is 5.75 Å². The first kappa shape index (κ1) is 14.7. The van der Waals surface area contributed by atoms with Crippen LogP contribution < -0.4 is 4.74 Å². The van der Waals surface area contributed by atoms with Crippen LogP contribution in [-0.2, 0) is 0 Å². The van der Waals surface area contributed by atoms with E-state index in [-0.39, 0.29) is 17.0 Å². The first-order chi connectivity index (χ1) is 8.82. The Bertz CT molecular complexity index is 536. The van der Waals surface area contributed by atoms with Gasteiger partial charge in [-0.05, 0) is 19.9 Å². The highest BCUT2D eigenvalue weighted by Crippen LogP contribution is 2.29. The summed E-state index contributed by atoms with van der Waals surface area (Å²) >= 11 is 0. The minimum absolute atomic E-state index is 0.164. The van der Waals surface area contributed by atoms with E-state index in [1.807, 2.05) is 6.92 Å². The maximum absolute atomic E-state index is 10.9. The molecule has 0 atom stereocenters. The number of carbonyl (C=O) groups is 1. The molecule has 0 fully saturated rings. The summed E-state index contributed by atoms with van der Waals surface area (Å²) in [6.45, 7) is 7.39. The van der Waals surface area contributed by atoms with Gasteiger partial charge in [-0.3, -0.25) is 10.1 Å². The third-order valence-corrected chi connectivity index (χ3v) is 2.56. The Morgan fingerprint density at radius 3 is 2.63 bits per heavy atom. The highest BCUT2D eigenvalue weighted by atomic mass is 16.6. The molecule has 19 heavy (non-hydrogen) atoms. The number of rotatable bonds is 6. The maximum atomic E-state index is 10.9. The van der Waals surface area contributed by atoms with Crippen molar-refractivity contribution in [2.24, 2.45) is 0 Å². The zero-order valence-electron chi connectivity index (χ0n) is 10.8. The van der Waals surface area contributed by atoms with Crippen LogP contribution in [0.3, 0.4) is 0 Å². The van der Waals surface area contributed by atoms with Gasteiger partial charge in [-0.1, -0.05) is 5.57 Å². The van der Waals surface area contributed by atoms with E-state index >= 15 is 0 Å². The molecular weight excluding hydrogens is 250 g/mol. The number of aromatic carboxylic acids is 1. The second-order valence-corrected chi connectivity index (χ2v) is 4.24. The maximum Gasteiger partial charge on any atom is 0.336 e. The topological polar surface area (TPSA) is 89.7 Å². The standard InChI is InChI=1S/C13H15NO5/c1-8(2)4-5-19-12-7-10(13(15)16)6-11(9(12)3)14(17)18/h6-7H,1,4-5H2,2-3H3,(H,15,16). The molecule has 6 nitrogen and oxygen atoms in total. The minimum atomic E-state index is -1.23. The van der Waals surface area contributed by atoms with E-state index in [2.05, 4.69) is 6.58 Å². The summed E-state index contributed by atoms with van der Waals surface area (Å²) in [5, 5.41) is 19.8. The predicted molar refractivity (Wildman–Crippen MR) is 69.7 cm³/mol. The zero-order chi connectivity index (χ0) is 14.6. The Morgan fingerprint density at radius 1 is 1.53 bits per heavy atom. The van der Waals surface area contributed by atoms with Gasteiger partial charge in [0.2, 0.25) is 0 Å². The average molecular weight is 265 g/mol. The van der Waals surface area contributed by atoms with Crippen LogP contribution in [-0.4, -0.2) is 22.6 Å². The van der Waals surface area contributed by atoms with Gasteiger partial charge in [0.15, 0.2) is 0 Å². The van der Waals surface area contributed by atoms with Crippen LogP contribution >= 0.6 is 0 Å². The van der Waals surface area contributed by atoms with Crippen LogP contribution in [0, 0.1) is 17.0 Å². The molecule has 0 saturated carbocycles. The van der Waals surface area contributed by atoms with Crippen molar-refractivity contribution in [3.05, 3.63) is 45.5 Å². The number of nitro benzene ring substituents is 1. The molecule has 0 bridgehead atoms. The van der Waals surface area contributed by atoms with E-state index in [9.17, 15) is 14.9 Å². The van der Waals surface area contributed by atoms with Gasteiger partial charge in [0.05, 0.1) is 22.7 Å². The molecule has 0 aliphatic rings. The van der Waals surface area contributed by atoms with E-state index in [1.54, 1.807) is 0 Å². The molecular formula is C13H15NO5. The lowest BCUT2D eigenvalue weighted by Gasteiger charge is -2.10. The number of nitro groups is 1. The number of ether oxygens (including phenoxy) is 1. The van der Waals surface area contributed by atoms with Gasteiger partial charge in [0.25, 0.3) is 5.69 Å². The van der Waals surface area contributed by atoms with Gasteiger partial charge in [-0.15, -0.1) is 6.58 Å². The smallest absolute Gasteiger partial charge is 0.336 e. The molecule has 0 unspecified atom stereocenters. The molecule has 0 radical (unpaired) electrons. The zero-order valence-corrected chi connectivity index (χ0v) is 10.8. The molecule has 102 valence electrons. The van der Waals surface area contributed by atoms with Gasteiger partial charge >= 0.3 is 5.97 Å². The molecule has 0 saturated heterocycles. The molecule has 1 aromatic rings. The highest BCUT2D eigenvalue weighted by molar-refractivity contribution is 5.89. The molecule has 1 N–H and O–H groups in total. The molecule has 6 heteroatoms. The fourth-order valence-electron chi connectivity index (χ4n) is 1.47. The van der Waals surface area contributed by atoms with E-state index < -0.39 is 10.9 Å². The number of carboxylic acid groups (broad SMARTS) is 1. The van der Waals surface area contributed by atoms with Crippen LogP contribution in [0.5, 0.6) is 5.75 Å². The number of hydrogen-bond donors (Lipinski definition) is 1. The fourth-order valence-corrected chi connectivity index (χ4v) is 1.47.